The number of aliphatic hydroxyl groups excluding tert-OH is 1. The zero-order valence-corrected chi connectivity index (χ0v) is 12.7. The van der Waals surface area contributed by atoms with Gasteiger partial charge in [0.05, 0.1) is 0 Å². The van der Waals surface area contributed by atoms with Crippen LogP contribution in [-0.2, 0) is 0 Å². The number of aliphatic hydroxyl groups is 1. The third kappa shape index (κ3) is 3.68. The van der Waals surface area contributed by atoms with E-state index >= 15 is 0 Å². The molecule has 0 saturated carbocycles. The van der Waals surface area contributed by atoms with Crippen LogP contribution in [0.25, 0.3) is 4.96 Å². The largest absolute Gasteiger partial charge is 0.396 e. The topological polar surface area (TPSA) is 83.7 Å². The molecule has 7 heteroatoms. The highest BCUT2D eigenvalue weighted by molar-refractivity contribution is 7.15. The molecule has 0 bridgehead atoms. The SMILES string of the molecule is CCCC(CCO)CNC(=O)c1cnc2sccn2c1=O. The van der Waals surface area contributed by atoms with Crippen LogP contribution in [0.3, 0.4) is 0 Å². The fourth-order valence-corrected chi connectivity index (χ4v) is 2.93. The summed E-state index contributed by atoms with van der Waals surface area (Å²) in [7, 11) is 0. The molecule has 0 aromatic carbocycles. The van der Waals surface area contributed by atoms with Gasteiger partial charge in [0.2, 0.25) is 0 Å². The van der Waals surface area contributed by atoms with Crippen LogP contribution in [0.4, 0.5) is 0 Å². The number of amides is 1. The average Bonchev–Trinajstić information content (AvgIpc) is 2.95. The molecule has 0 aliphatic rings. The number of carbonyl (C=O) groups is 1. The lowest BCUT2D eigenvalue weighted by molar-refractivity contribution is 0.0941. The van der Waals surface area contributed by atoms with Gasteiger partial charge in [-0.05, 0) is 18.8 Å². The Bertz CT molecular complexity index is 659. The lowest BCUT2D eigenvalue weighted by atomic mass is 10.0. The molecular weight excluding hydrogens is 290 g/mol. The summed E-state index contributed by atoms with van der Waals surface area (Å²) in [6, 6.07) is 0. The molecule has 0 radical (unpaired) electrons. The fraction of sp³-hybridized carbons (Fsp3) is 0.500. The van der Waals surface area contributed by atoms with Gasteiger partial charge in [0, 0.05) is 30.9 Å². The van der Waals surface area contributed by atoms with Gasteiger partial charge in [0.15, 0.2) is 4.96 Å². The Balaban J connectivity index is 2.08. The summed E-state index contributed by atoms with van der Waals surface area (Å²) in [5.41, 5.74) is -0.307. The number of fused-ring (bicyclic) bond motifs is 1. The first-order valence-electron chi connectivity index (χ1n) is 7.01. The van der Waals surface area contributed by atoms with Crippen LogP contribution in [0.2, 0.25) is 0 Å². The lowest BCUT2D eigenvalue weighted by Gasteiger charge is -2.15. The first-order chi connectivity index (χ1) is 10.2. The molecule has 1 atom stereocenters. The maximum atomic E-state index is 12.2. The van der Waals surface area contributed by atoms with Crippen LogP contribution in [0, 0.1) is 5.92 Å². The van der Waals surface area contributed by atoms with Crippen LogP contribution < -0.4 is 10.9 Å². The van der Waals surface area contributed by atoms with E-state index in [4.69, 9.17) is 5.11 Å². The molecule has 0 spiro atoms. The smallest absolute Gasteiger partial charge is 0.271 e. The van der Waals surface area contributed by atoms with E-state index in [9.17, 15) is 9.59 Å². The number of nitrogens with one attached hydrogen (secondary N) is 1. The minimum atomic E-state index is -0.410. The summed E-state index contributed by atoms with van der Waals surface area (Å²) < 4.78 is 1.37. The van der Waals surface area contributed by atoms with Crippen molar-refractivity contribution in [3.05, 3.63) is 33.7 Å². The number of aromatic nitrogens is 2. The third-order valence-electron chi connectivity index (χ3n) is 3.37. The normalized spacial score (nSPS) is 12.5. The molecule has 2 aromatic rings. The van der Waals surface area contributed by atoms with Crippen molar-refractivity contribution in [1.29, 1.82) is 0 Å². The molecule has 0 saturated heterocycles. The van der Waals surface area contributed by atoms with Crippen molar-refractivity contribution >= 4 is 22.2 Å². The first kappa shape index (κ1) is 15.7. The summed E-state index contributed by atoms with van der Waals surface area (Å²) in [4.78, 5) is 28.9. The Kier molecular flexibility index (Phi) is 5.46. The monoisotopic (exact) mass is 309 g/mol. The minimum absolute atomic E-state index is 0.0464. The van der Waals surface area contributed by atoms with E-state index in [0.29, 0.717) is 17.9 Å². The zero-order valence-electron chi connectivity index (χ0n) is 11.9. The number of hydrogen-bond acceptors (Lipinski definition) is 5. The van der Waals surface area contributed by atoms with Gasteiger partial charge in [-0.1, -0.05) is 13.3 Å². The summed E-state index contributed by atoms with van der Waals surface area (Å²) in [5, 5.41) is 13.5. The highest BCUT2D eigenvalue weighted by atomic mass is 32.1. The number of hydrogen-bond donors (Lipinski definition) is 2. The molecule has 2 rings (SSSR count). The third-order valence-corrected chi connectivity index (χ3v) is 4.14. The van der Waals surface area contributed by atoms with Crippen LogP contribution in [0.15, 0.2) is 22.6 Å². The highest BCUT2D eigenvalue weighted by Crippen LogP contribution is 2.10. The number of rotatable bonds is 7. The summed E-state index contributed by atoms with van der Waals surface area (Å²) >= 11 is 1.35. The molecule has 2 N–H and O–H groups in total. The standard InChI is InChI=1S/C14H19N3O3S/c1-2-3-10(4-6-18)8-15-12(19)11-9-16-14-17(13(11)20)5-7-21-14/h5,7,9-10,18H,2-4,6,8H2,1H3,(H,15,19). The van der Waals surface area contributed by atoms with Crippen molar-refractivity contribution in [3.8, 4) is 0 Å². The van der Waals surface area contributed by atoms with E-state index in [1.54, 1.807) is 11.6 Å². The molecule has 0 aliphatic heterocycles. The fourth-order valence-electron chi connectivity index (χ4n) is 2.25. The predicted molar refractivity (Wildman–Crippen MR) is 81.8 cm³/mol. The van der Waals surface area contributed by atoms with Crippen molar-refractivity contribution in [2.45, 2.75) is 26.2 Å². The van der Waals surface area contributed by atoms with Crippen LogP contribution in [0.5, 0.6) is 0 Å². The predicted octanol–water partition coefficient (Wildman–Crippen LogP) is 1.28. The van der Waals surface area contributed by atoms with E-state index < -0.39 is 5.91 Å². The number of carbonyl (C=O) groups excluding carboxylic acids is 1. The van der Waals surface area contributed by atoms with E-state index in [1.165, 1.54) is 21.9 Å². The highest BCUT2D eigenvalue weighted by Gasteiger charge is 2.15. The van der Waals surface area contributed by atoms with Gasteiger partial charge in [-0.25, -0.2) is 4.98 Å². The van der Waals surface area contributed by atoms with Crippen LogP contribution in [0.1, 0.15) is 36.5 Å². The first-order valence-corrected chi connectivity index (χ1v) is 7.89. The number of nitrogens with zero attached hydrogens (tertiary/aromatic N) is 2. The van der Waals surface area contributed by atoms with Gasteiger partial charge in [0.25, 0.3) is 11.5 Å². The second-order valence-electron chi connectivity index (χ2n) is 4.91. The molecule has 1 unspecified atom stereocenters. The lowest BCUT2D eigenvalue weighted by Crippen LogP contribution is -2.34. The zero-order chi connectivity index (χ0) is 15.2. The Labute approximate surface area is 126 Å². The maximum Gasteiger partial charge on any atom is 0.271 e. The van der Waals surface area contributed by atoms with Gasteiger partial charge in [-0.2, -0.15) is 0 Å². The Morgan fingerprint density at radius 3 is 3.05 bits per heavy atom. The van der Waals surface area contributed by atoms with Crippen molar-refractivity contribution in [2.24, 2.45) is 5.92 Å². The second kappa shape index (κ2) is 7.33. The number of thiazole rings is 1. The molecule has 0 fully saturated rings. The van der Waals surface area contributed by atoms with E-state index in [-0.39, 0.29) is 23.6 Å². The van der Waals surface area contributed by atoms with Gasteiger partial charge >= 0.3 is 0 Å². The molecular formula is C14H19N3O3S. The van der Waals surface area contributed by atoms with Gasteiger partial charge < -0.3 is 10.4 Å². The van der Waals surface area contributed by atoms with Gasteiger partial charge in [0.1, 0.15) is 5.56 Å². The molecule has 2 aromatic heterocycles. The van der Waals surface area contributed by atoms with Crippen LogP contribution >= 0.6 is 11.3 Å². The van der Waals surface area contributed by atoms with Crippen molar-refractivity contribution < 1.29 is 9.90 Å². The maximum absolute atomic E-state index is 12.2. The minimum Gasteiger partial charge on any atom is -0.396 e. The second-order valence-corrected chi connectivity index (χ2v) is 5.78. The Hall–Kier alpha value is -1.73. The van der Waals surface area contributed by atoms with E-state index in [0.717, 1.165) is 12.8 Å². The summed E-state index contributed by atoms with van der Waals surface area (Å²) in [6.45, 7) is 2.62. The van der Waals surface area contributed by atoms with E-state index in [2.05, 4.69) is 17.2 Å². The molecule has 6 nitrogen and oxygen atoms in total. The van der Waals surface area contributed by atoms with Crippen molar-refractivity contribution in [3.63, 3.8) is 0 Å². The van der Waals surface area contributed by atoms with Gasteiger partial charge in [-0.15, -0.1) is 11.3 Å². The summed E-state index contributed by atoms with van der Waals surface area (Å²) in [5.74, 6) is -0.184. The van der Waals surface area contributed by atoms with Crippen LogP contribution in [-0.4, -0.2) is 33.6 Å². The van der Waals surface area contributed by atoms with Crippen molar-refractivity contribution in [2.75, 3.05) is 13.2 Å². The van der Waals surface area contributed by atoms with Gasteiger partial charge in [-0.3, -0.25) is 14.0 Å². The van der Waals surface area contributed by atoms with E-state index in [1.807, 2.05) is 0 Å². The molecule has 1 amide bonds. The summed E-state index contributed by atoms with van der Waals surface area (Å²) in [6.07, 6.45) is 5.50. The Morgan fingerprint density at radius 1 is 1.52 bits per heavy atom. The molecule has 114 valence electrons. The molecule has 2 heterocycles. The Morgan fingerprint density at radius 2 is 2.33 bits per heavy atom. The molecule has 0 aliphatic carbocycles. The van der Waals surface area contributed by atoms with Crippen molar-refractivity contribution in [1.82, 2.24) is 14.7 Å². The molecule has 21 heavy (non-hydrogen) atoms. The quantitative estimate of drug-likeness (QED) is 0.807. The average molecular weight is 309 g/mol.